The number of carbonyl (C=O) groups excluding carboxylic acids is 2. The van der Waals surface area contributed by atoms with Crippen molar-refractivity contribution in [2.75, 3.05) is 40.9 Å². The Morgan fingerprint density at radius 3 is 1.29 bits per heavy atom. The molecular formula is C65H120N2O7P+. The standard InChI is InChI=1S/C65H119N2O7P/c1-7-10-13-16-19-22-25-26-27-28-29-30-31-32-33-34-35-36-37-38-39-40-43-46-49-52-55-58-65(69)74-63(56-53-50-47-44-41-23-20-17-14-11-8-2)62(61-73-75(70,71)72-60-59-67(4,5)6)66-64(68)57-54-51-48-45-42-24-21-18-15-12-9-3/h18-19,21-22,26-27,29-30,32-33,53,56,62-63H,7-17,20,23-25,28,31,34-52,54-55,57-61H2,1-6H3,(H-,66,68,70,71)/p+1/b21-18-,22-19-,27-26-,30-29-,33-32-,56-53-. The van der Waals surface area contributed by atoms with E-state index >= 15 is 0 Å². The van der Waals surface area contributed by atoms with Crippen LogP contribution in [0.3, 0.4) is 0 Å². The SMILES string of the molecule is CCCC/C=C\CCCCCCCC(=O)NC(COP(=O)(O)OCC[N+](C)(C)C)C(/C=C\CCCCCCCCCCC)OC(=O)CCCCCCCCCCCCC/C=C\C/C=C\C/C=C\C/C=C\CCCCC. The summed E-state index contributed by atoms with van der Waals surface area (Å²) in [6.45, 7) is 6.93. The van der Waals surface area contributed by atoms with Gasteiger partial charge in [0, 0.05) is 12.8 Å². The Morgan fingerprint density at radius 1 is 0.467 bits per heavy atom. The topological polar surface area (TPSA) is 111 Å². The van der Waals surface area contributed by atoms with E-state index in [1.165, 1.54) is 141 Å². The average molecular weight is 1070 g/mol. The molecule has 0 radical (unpaired) electrons. The number of rotatable bonds is 56. The number of phosphoric acid groups is 1. The molecule has 3 unspecified atom stereocenters. The lowest BCUT2D eigenvalue weighted by atomic mass is 10.0. The van der Waals surface area contributed by atoms with E-state index in [2.05, 4.69) is 86.8 Å². The molecule has 1 amide bonds. The van der Waals surface area contributed by atoms with Crippen molar-refractivity contribution in [3.8, 4) is 0 Å². The van der Waals surface area contributed by atoms with Gasteiger partial charge in [-0.2, -0.15) is 0 Å². The Bertz CT molecular complexity index is 1510. The molecule has 0 aromatic heterocycles. The number of ether oxygens (including phenoxy) is 1. The van der Waals surface area contributed by atoms with Crippen LogP contribution in [0.2, 0.25) is 0 Å². The fraction of sp³-hybridized carbons (Fsp3) is 0.785. The van der Waals surface area contributed by atoms with E-state index in [4.69, 9.17) is 13.8 Å². The summed E-state index contributed by atoms with van der Waals surface area (Å²) in [5, 5.41) is 3.04. The molecule has 0 heterocycles. The van der Waals surface area contributed by atoms with E-state index in [0.717, 1.165) is 103 Å². The molecule has 3 atom stereocenters. The van der Waals surface area contributed by atoms with Gasteiger partial charge < -0.3 is 19.4 Å². The van der Waals surface area contributed by atoms with Gasteiger partial charge in [0.1, 0.15) is 19.3 Å². The summed E-state index contributed by atoms with van der Waals surface area (Å²) in [6.07, 6.45) is 70.5. The summed E-state index contributed by atoms with van der Waals surface area (Å²) in [6, 6.07) is -0.854. The van der Waals surface area contributed by atoms with Gasteiger partial charge in [0.2, 0.25) is 5.91 Å². The molecule has 0 aromatic carbocycles. The van der Waals surface area contributed by atoms with Crippen molar-refractivity contribution in [2.24, 2.45) is 0 Å². The minimum absolute atomic E-state index is 0.0365. The number of esters is 1. The zero-order valence-corrected chi connectivity index (χ0v) is 50.7. The number of phosphoric ester groups is 1. The van der Waals surface area contributed by atoms with Crippen molar-refractivity contribution >= 4 is 19.7 Å². The van der Waals surface area contributed by atoms with Gasteiger partial charge in [-0.25, -0.2) is 4.57 Å². The maximum Gasteiger partial charge on any atom is 0.472 e. The number of likely N-dealkylation sites (N-methyl/N-ethyl adjacent to an activating group) is 1. The molecule has 0 fully saturated rings. The molecule has 0 aliphatic carbocycles. The van der Waals surface area contributed by atoms with Crippen LogP contribution in [0.5, 0.6) is 0 Å². The molecule has 9 nitrogen and oxygen atoms in total. The molecule has 10 heteroatoms. The fourth-order valence-electron chi connectivity index (χ4n) is 8.73. The third-order valence-electron chi connectivity index (χ3n) is 13.6. The first kappa shape index (κ1) is 72.5. The van der Waals surface area contributed by atoms with Crippen LogP contribution in [0.4, 0.5) is 0 Å². The Labute approximate surface area is 463 Å². The Hall–Kier alpha value is -2.55. The van der Waals surface area contributed by atoms with Gasteiger partial charge in [-0.15, -0.1) is 0 Å². The molecule has 0 saturated carbocycles. The quantitative estimate of drug-likeness (QED) is 0.0205. The summed E-state index contributed by atoms with van der Waals surface area (Å²) >= 11 is 0. The van der Waals surface area contributed by atoms with Gasteiger partial charge in [-0.05, 0) is 96.0 Å². The molecular weight excluding hydrogens is 952 g/mol. The Kier molecular flexibility index (Phi) is 52.9. The first-order chi connectivity index (χ1) is 36.4. The highest BCUT2D eigenvalue weighted by Crippen LogP contribution is 2.43. The molecule has 0 aliphatic rings. The van der Waals surface area contributed by atoms with Crippen molar-refractivity contribution in [2.45, 2.75) is 290 Å². The number of amides is 1. The molecule has 2 N–H and O–H groups in total. The maximum absolute atomic E-state index is 13.5. The Morgan fingerprint density at radius 2 is 0.827 bits per heavy atom. The van der Waals surface area contributed by atoms with E-state index in [9.17, 15) is 19.0 Å². The number of hydrogen-bond acceptors (Lipinski definition) is 6. The highest BCUT2D eigenvalue weighted by Gasteiger charge is 2.30. The highest BCUT2D eigenvalue weighted by molar-refractivity contribution is 7.47. The van der Waals surface area contributed by atoms with Crippen LogP contribution in [0, 0.1) is 0 Å². The maximum atomic E-state index is 13.5. The van der Waals surface area contributed by atoms with Crippen LogP contribution in [0.1, 0.15) is 278 Å². The lowest BCUT2D eigenvalue weighted by molar-refractivity contribution is -0.870. The first-order valence-corrected chi connectivity index (χ1v) is 32.8. The lowest BCUT2D eigenvalue weighted by Gasteiger charge is -2.27. The largest absolute Gasteiger partial charge is 0.472 e. The fourth-order valence-corrected chi connectivity index (χ4v) is 9.46. The van der Waals surface area contributed by atoms with E-state index in [0.29, 0.717) is 17.4 Å². The minimum atomic E-state index is -4.45. The first-order valence-electron chi connectivity index (χ1n) is 31.3. The van der Waals surface area contributed by atoms with Crippen molar-refractivity contribution < 1.29 is 37.3 Å². The van der Waals surface area contributed by atoms with Crippen molar-refractivity contribution in [1.29, 1.82) is 0 Å². The predicted molar refractivity (Wildman–Crippen MR) is 323 cm³/mol. The second-order valence-corrected chi connectivity index (χ2v) is 23.7. The molecule has 75 heavy (non-hydrogen) atoms. The number of nitrogens with one attached hydrogen (secondary N) is 1. The van der Waals surface area contributed by atoms with E-state index < -0.39 is 20.0 Å². The molecule has 0 aliphatic heterocycles. The summed E-state index contributed by atoms with van der Waals surface area (Å²) in [4.78, 5) is 37.6. The number of carbonyl (C=O) groups is 2. The van der Waals surface area contributed by atoms with Gasteiger partial charge in [-0.1, -0.05) is 242 Å². The second kappa shape index (κ2) is 54.8. The zero-order valence-electron chi connectivity index (χ0n) is 49.8. The number of nitrogens with zero attached hydrogens (tertiary/aromatic N) is 1. The monoisotopic (exact) mass is 1070 g/mol. The summed E-state index contributed by atoms with van der Waals surface area (Å²) in [5.74, 6) is -0.519. The van der Waals surface area contributed by atoms with E-state index in [1.807, 2.05) is 33.3 Å². The van der Waals surface area contributed by atoms with Crippen LogP contribution < -0.4 is 5.32 Å². The van der Waals surface area contributed by atoms with Gasteiger partial charge in [0.25, 0.3) is 0 Å². The third-order valence-corrected chi connectivity index (χ3v) is 14.6. The number of unbranched alkanes of at least 4 members (excludes halogenated alkanes) is 30. The average Bonchev–Trinajstić information content (AvgIpc) is 3.37. The van der Waals surface area contributed by atoms with Gasteiger partial charge in [-0.3, -0.25) is 18.6 Å². The predicted octanol–water partition coefficient (Wildman–Crippen LogP) is 19.2. The summed E-state index contributed by atoms with van der Waals surface area (Å²) in [7, 11) is 1.49. The number of hydrogen-bond donors (Lipinski definition) is 2. The van der Waals surface area contributed by atoms with Crippen molar-refractivity contribution in [1.82, 2.24) is 5.32 Å². The van der Waals surface area contributed by atoms with Crippen LogP contribution >= 0.6 is 7.82 Å². The van der Waals surface area contributed by atoms with Gasteiger partial charge in [0.05, 0.1) is 33.8 Å². The minimum Gasteiger partial charge on any atom is -0.456 e. The van der Waals surface area contributed by atoms with Gasteiger partial charge in [0.15, 0.2) is 0 Å². The normalized spacial score (nSPS) is 14.2. The molecule has 0 spiro atoms. The van der Waals surface area contributed by atoms with Crippen LogP contribution in [-0.2, 0) is 27.9 Å². The number of allylic oxidation sites excluding steroid dienone is 11. The van der Waals surface area contributed by atoms with Crippen LogP contribution in [-0.4, -0.2) is 74.3 Å². The summed E-state index contributed by atoms with van der Waals surface area (Å²) < 4.78 is 30.6. The highest BCUT2D eigenvalue weighted by atomic mass is 31.2. The molecule has 0 rings (SSSR count). The summed E-state index contributed by atoms with van der Waals surface area (Å²) in [5.41, 5.74) is 0. The molecule has 436 valence electrons. The lowest BCUT2D eigenvalue weighted by Crippen LogP contribution is -2.47. The smallest absolute Gasteiger partial charge is 0.456 e. The molecule has 0 aromatic rings. The zero-order chi connectivity index (χ0) is 55.0. The second-order valence-electron chi connectivity index (χ2n) is 22.2. The third kappa shape index (κ3) is 56.0. The Balaban J connectivity index is 5.02. The van der Waals surface area contributed by atoms with E-state index in [-0.39, 0.29) is 31.5 Å². The molecule has 0 saturated heterocycles. The van der Waals surface area contributed by atoms with Crippen molar-refractivity contribution in [3.63, 3.8) is 0 Å². The van der Waals surface area contributed by atoms with Crippen LogP contribution in [0.25, 0.3) is 0 Å². The number of quaternary nitrogens is 1. The van der Waals surface area contributed by atoms with E-state index in [1.54, 1.807) is 0 Å². The van der Waals surface area contributed by atoms with Crippen LogP contribution in [0.15, 0.2) is 72.9 Å². The van der Waals surface area contributed by atoms with Gasteiger partial charge >= 0.3 is 13.8 Å². The molecule has 0 bridgehead atoms. The van der Waals surface area contributed by atoms with Crippen molar-refractivity contribution in [3.05, 3.63) is 72.9 Å².